The summed E-state index contributed by atoms with van der Waals surface area (Å²) in [5.74, 6) is -2.83. The van der Waals surface area contributed by atoms with Crippen molar-refractivity contribution in [2.24, 2.45) is 0 Å². The van der Waals surface area contributed by atoms with Crippen molar-refractivity contribution in [3.8, 4) is 11.5 Å². The summed E-state index contributed by atoms with van der Waals surface area (Å²) in [6.45, 7) is 1.75. The molecule has 0 aliphatic carbocycles. The Morgan fingerprint density at radius 1 is 1.50 bits per heavy atom. The topological polar surface area (TPSA) is 83.8 Å². The Labute approximate surface area is 92.3 Å². The van der Waals surface area contributed by atoms with Crippen molar-refractivity contribution in [1.29, 1.82) is 0 Å². The van der Waals surface area contributed by atoms with Crippen LogP contribution in [0.5, 0.6) is 11.5 Å². The monoisotopic (exact) mass is 224 g/mol. The van der Waals surface area contributed by atoms with Gasteiger partial charge in [0.15, 0.2) is 11.5 Å². The Bertz CT molecular complexity index is 399. The number of rotatable bonds is 4. The number of para-hydroxylation sites is 1. The molecule has 0 fully saturated rings. The molecular weight excluding hydrogens is 212 g/mol. The molecule has 2 N–H and O–H groups in total. The SMILES string of the molecule is CCOC(=O)C(C=O)c1cccc(O)c1O. The van der Waals surface area contributed by atoms with Crippen LogP contribution < -0.4 is 0 Å². The Balaban J connectivity index is 3.09. The molecule has 0 spiro atoms. The highest BCUT2D eigenvalue weighted by Gasteiger charge is 2.25. The van der Waals surface area contributed by atoms with E-state index >= 15 is 0 Å². The van der Waals surface area contributed by atoms with Crippen molar-refractivity contribution < 1.29 is 24.5 Å². The number of aldehydes is 1. The molecule has 0 aliphatic heterocycles. The van der Waals surface area contributed by atoms with Crippen LogP contribution in [0, 0.1) is 0 Å². The molecule has 0 radical (unpaired) electrons. The van der Waals surface area contributed by atoms with E-state index in [1.165, 1.54) is 18.2 Å². The minimum atomic E-state index is -1.22. The van der Waals surface area contributed by atoms with Crippen LogP contribution in [0.15, 0.2) is 18.2 Å². The molecular formula is C11H12O5. The van der Waals surface area contributed by atoms with Crippen LogP contribution >= 0.6 is 0 Å². The van der Waals surface area contributed by atoms with Gasteiger partial charge in [-0.05, 0) is 13.0 Å². The fourth-order valence-electron chi connectivity index (χ4n) is 1.29. The normalized spacial score (nSPS) is 11.8. The number of aromatic hydroxyl groups is 2. The quantitative estimate of drug-likeness (QED) is 0.344. The van der Waals surface area contributed by atoms with Crippen molar-refractivity contribution in [2.45, 2.75) is 12.8 Å². The smallest absolute Gasteiger partial charge is 0.320 e. The molecule has 1 unspecified atom stereocenters. The van der Waals surface area contributed by atoms with Gasteiger partial charge < -0.3 is 19.7 Å². The lowest BCUT2D eigenvalue weighted by Crippen LogP contribution is -2.17. The number of carbonyl (C=O) groups is 2. The second-order valence-corrected chi connectivity index (χ2v) is 3.08. The van der Waals surface area contributed by atoms with E-state index in [4.69, 9.17) is 0 Å². The van der Waals surface area contributed by atoms with Crippen molar-refractivity contribution in [3.63, 3.8) is 0 Å². The highest BCUT2D eigenvalue weighted by atomic mass is 16.5. The lowest BCUT2D eigenvalue weighted by Gasteiger charge is -2.11. The number of hydrogen-bond acceptors (Lipinski definition) is 5. The largest absolute Gasteiger partial charge is 0.504 e. The second kappa shape index (κ2) is 5.16. The van der Waals surface area contributed by atoms with E-state index in [0.29, 0.717) is 6.29 Å². The Morgan fingerprint density at radius 3 is 2.75 bits per heavy atom. The Kier molecular flexibility index (Phi) is 3.88. The zero-order valence-electron chi connectivity index (χ0n) is 8.71. The number of phenols is 2. The minimum Gasteiger partial charge on any atom is -0.504 e. The lowest BCUT2D eigenvalue weighted by molar-refractivity contribution is -0.146. The third kappa shape index (κ3) is 2.31. The van der Waals surface area contributed by atoms with Crippen LogP contribution in [0.2, 0.25) is 0 Å². The van der Waals surface area contributed by atoms with E-state index < -0.39 is 17.6 Å². The number of esters is 1. The molecule has 1 aromatic carbocycles. The molecule has 1 aromatic rings. The van der Waals surface area contributed by atoms with E-state index in [-0.39, 0.29) is 17.9 Å². The predicted octanol–water partition coefficient (Wildman–Crippen LogP) is 0.943. The van der Waals surface area contributed by atoms with Gasteiger partial charge in [0, 0.05) is 5.56 Å². The molecule has 16 heavy (non-hydrogen) atoms. The maximum atomic E-state index is 11.4. The molecule has 1 atom stereocenters. The number of carbonyl (C=O) groups excluding carboxylic acids is 2. The van der Waals surface area contributed by atoms with Gasteiger partial charge >= 0.3 is 5.97 Å². The van der Waals surface area contributed by atoms with Gasteiger partial charge in [0.1, 0.15) is 12.2 Å². The van der Waals surface area contributed by atoms with Crippen LogP contribution in [0.3, 0.4) is 0 Å². The molecule has 86 valence electrons. The van der Waals surface area contributed by atoms with Gasteiger partial charge in [0.25, 0.3) is 0 Å². The van der Waals surface area contributed by atoms with E-state index in [2.05, 4.69) is 4.74 Å². The average Bonchev–Trinajstić information content (AvgIpc) is 2.25. The van der Waals surface area contributed by atoms with Crippen LogP contribution in [-0.2, 0) is 14.3 Å². The van der Waals surface area contributed by atoms with Gasteiger partial charge in [-0.25, -0.2) is 0 Å². The molecule has 0 aliphatic rings. The predicted molar refractivity (Wildman–Crippen MR) is 55.2 cm³/mol. The maximum Gasteiger partial charge on any atom is 0.320 e. The molecule has 0 saturated heterocycles. The summed E-state index contributed by atoms with van der Waals surface area (Å²) in [4.78, 5) is 22.2. The van der Waals surface area contributed by atoms with Gasteiger partial charge in [-0.15, -0.1) is 0 Å². The molecule has 0 bridgehead atoms. The van der Waals surface area contributed by atoms with Gasteiger partial charge in [-0.2, -0.15) is 0 Å². The van der Waals surface area contributed by atoms with Crippen LogP contribution in [-0.4, -0.2) is 29.1 Å². The van der Waals surface area contributed by atoms with E-state index in [9.17, 15) is 19.8 Å². The summed E-state index contributed by atoms with van der Waals surface area (Å²) in [5, 5.41) is 18.7. The highest BCUT2D eigenvalue weighted by Crippen LogP contribution is 2.33. The zero-order chi connectivity index (χ0) is 12.1. The minimum absolute atomic E-state index is 0.0356. The third-order valence-electron chi connectivity index (χ3n) is 2.06. The highest BCUT2D eigenvalue weighted by molar-refractivity contribution is 5.95. The third-order valence-corrected chi connectivity index (χ3v) is 2.06. The summed E-state index contributed by atoms with van der Waals surface area (Å²) >= 11 is 0. The molecule has 0 saturated carbocycles. The zero-order valence-corrected chi connectivity index (χ0v) is 8.71. The number of phenolic OH excluding ortho intramolecular Hbond substituents is 2. The summed E-state index contributed by atoms with van der Waals surface area (Å²) in [6.07, 6.45) is 0.368. The first-order valence-electron chi connectivity index (χ1n) is 4.74. The number of hydrogen-bond donors (Lipinski definition) is 2. The Morgan fingerprint density at radius 2 is 2.19 bits per heavy atom. The standard InChI is InChI=1S/C11H12O5/c1-2-16-11(15)8(6-12)7-4-3-5-9(13)10(7)14/h3-6,8,13-14H,2H2,1H3. The van der Waals surface area contributed by atoms with Crippen LogP contribution in [0.1, 0.15) is 18.4 Å². The first-order chi connectivity index (χ1) is 7.61. The molecule has 5 heteroatoms. The molecule has 0 amide bonds. The van der Waals surface area contributed by atoms with Gasteiger partial charge in [-0.1, -0.05) is 12.1 Å². The van der Waals surface area contributed by atoms with E-state index in [0.717, 1.165) is 0 Å². The maximum absolute atomic E-state index is 11.4. The molecule has 5 nitrogen and oxygen atoms in total. The lowest BCUT2D eigenvalue weighted by atomic mass is 9.99. The molecule has 0 heterocycles. The van der Waals surface area contributed by atoms with Gasteiger partial charge in [0.2, 0.25) is 0 Å². The van der Waals surface area contributed by atoms with E-state index in [1.54, 1.807) is 6.92 Å². The fraction of sp³-hybridized carbons (Fsp3) is 0.273. The first kappa shape index (κ1) is 12.0. The van der Waals surface area contributed by atoms with Crippen molar-refractivity contribution in [1.82, 2.24) is 0 Å². The van der Waals surface area contributed by atoms with Gasteiger partial charge in [0.05, 0.1) is 6.61 Å². The van der Waals surface area contributed by atoms with Crippen LogP contribution in [0.25, 0.3) is 0 Å². The summed E-state index contributed by atoms with van der Waals surface area (Å²) in [7, 11) is 0. The fourth-order valence-corrected chi connectivity index (χ4v) is 1.29. The van der Waals surface area contributed by atoms with Gasteiger partial charge in [-0.3, -0.25) is 4.79 Å². The first-order valence-corrected chi connectivity index (χ1v) is 4.74. The second-order valence-electron chi connectivity index (χ2n) is 3.08. The van der Waals surface area contributed by atoms with Crippen molar-refractivity contribution >= 4 is 12.3 Å². The van der Waals surface area contributed by atoms with Crippen LogP contribution in [0.4, 0.5) is 0 Å². The van der Waals surface area contributed by atoms with Crippen molar-refractivity contribution in [3.05, 3.63) is 23.8 Å². The molecule has 0 aromatic heterocycles. The summed E-state index contributed by atoms with van der Waals surface area (Å²) in [5.41, 5.74) is 0.0356. The number of ether oxygens (including phenoxy) is 1. The van der Waals surface area contributed by atoms with Crippen molar-refractivity contribution in [2.75, 3.05) is 6.61 Å². The summed E-state index contributed by atoms with van der Waals surface area (Å²) < 4.78 is 4.68. The molecule has 1 rings (SSSR count). The average molecular weight is 224 g/mol. The Hall–Kier alpha value is -2.04. The van der Waals surface area contributed by atoms with E-state index in [1.807, 2.05) is 0 Å². The summed E-state index contributed by atoms with van der Waals surface area (Å²) in [6, 6.07) is 4.07. The number of benzene rings is 1.